The number of allylic oxidation sites excluding steroid dienone is 2. The van der Waals surface area contributed by atoms with Crippen LogP contribution in [0.5, 0.6) is 0 Å². The molecular formula is C16H20O2. The van der Waals surface area contributed by atoms with Crippen LogP contribution in [-0.2, 0) is 16.0 Å². The third-order valence-corrected chi connectivity index (χ3v) is 3.26. The quantitative estimate of drug-likeness (QED) is 0.435. The molecule has 96 valence electrons. The second-order valence-corrected chi connectivity index (χ2v) is 4.78. The largest absolute Gasteiger partial charge is 0.466 e. The van der Waals surface area contributed by atoms with Crippen LogP contribution in [-0.4, -0.2) is 12.6 Å². The molecule has 1 aliphatic rings. The monoisotopic (exact) mass is 244 g/mol. The lowest BCUT2D eigenvalue weighted by molar-refractivity contribution is -0.144. The molecule has 0 saturated carbocycles. The second-order valence-electron chi connectivity index (χ2n) is 4.78. The molecule has 2 nitrogen and oxygen atoms in total. The Kier molecular flexibility index (Phi) is 5.00. The predicted molar refractivity (Wildman–Crippen MR) is 72.2 cm³/mol. The van der Waals surface area contributed by atoms with E-state index in [0.717, 1.165) is 25.7 Å². The summed E-state index contributed by atoms with van der Waals surface area (Å²) in [5.74, 6) is 0.353. The van der Waals surface area contributed by atoms with E-state index in [0.29, 0.717) is 18.9 Å². The zero-order valence-electron chi connectivity index (χ0n) is 10.7. The maximum Gasteiger partial charge on any atom is 0.306 e. The van der Waals surface area contributed by atoms with Gasteiger partial charge in [-0.05, 0) is 37.2 Å². The lowest BCUT2D eigenvalue weighted by atomic mass is 10.1. The van der Waals surface area contributed by atoms with Crippen molar-refractivity contribution in [3.05, 3.63) is 48.0 Å². The summed E-state index contributed by atoms with van der Waals surface area (Å²) in [4.78, 5) is 11.6. The fourth-order valence-corrected chi connectivity index (χ4v) is 2.25. The summed E-state index contributed by atoms with van der Waals surface area (Å²) in [6, 6.07) is 10.3. The fourth-order valence-electron chi connectivity index (χ4n) is 2.25. The first-order valence-corrected chi connectivity index (χ1v) is 6.71. The van der Waals surface area contributed by atoms with Crippen molar-refractivity contribution < 1.29 is 9.53 Å². The Balaban J connectivity index is 1.57. The molecule has 0 spiro atoms. The van der Waals surface area contributed by atoms with Crippen LogP contribution in [0.2, 0.25) is 0 Å². The highest BCUT2D eigenvalue weighted by molar-refractivity contribution is 5.70. The minimum Gasteiger partial charge on any atom is -0.466 e. The van der Waals surface area contributed by atoms with Crippen LogP contribution < -0.4 is 0 Å². The van der Waals surface area contributed by atoms with Gasteiger partial charge in [0.15, 0.2) is 0 Å². The van der Waals surface area contributed by atoms with Gasteiger partial charge < -0.3 is 4.74 Å². The first-order valence-electron chi connectivity index (χ1n) is 6.71. The van der Waals surface area contributed by atoms with Gasteiger partial charge in [0, 0.05) is 0 Å². The third kappa shape index (κ3) is 4.36. The molecule has 0 heterocycles. The molecule has 0 saturated heterocycles. The van der Waals surface area contributed by atoms with Gasteiger partial charge >= 0.3 is 5.97 Å². The topological polar surface area (TPSA) is 26.3 Å². The second kappa shape index (κ2) is 7.00. The molecule has 0 aliphatic heterocycles. The molecular weight excluding hydrogens is 224 g/mol. The number of aryl methyl sites for hydroxylation is 1. The number of esters is 1. The van der Waals surface area contributed by atoms with Crippen molar-refractivity contribution in [2.45, 2.75) is 32.1 Å². The zero-order valence-corrected chi connectivity index (χ0v) is 10.7. The van der Waals surface area contributed by atoms with Crippen molar-refractivity contribution in [2.24, 2.45) is 5.92 Å². The van der Waals surface area contributed by atoms with Gasteiger partial charge in [0.1, 0.15) is 0 Å². The van der Waals surface area contributed by atoms with E-state index in [4.69, 9.17) is 4.74 Å². The number of hydrogen-bond acceptors (Lipinski definition) is 2. The first kappa shape index (κ1) is 12.9. The Morgan fingerprint density at radius 3 is 2.83 bits per heavy atom. The van der Waals surface area contributed by atoms with Gasteiger partial charge in [-0.3, -0.25) is 4.79 Å². The van der Waals surface area contributed by atoms with Gasteiger partial charge in [-0.2, -0.15) is 0 Å². The standard InChI is InChI=1S/C16H20O2/c17-16(13-15-9-4-5-10-15)18-12-6-11-14-7-2-1-3-8-14/h1-4,7-9,15H,5-6,10-13H2. The van der Waals surface area contributed by atoms with E-state index >= 15 is 0 Å². The van der Waals surface area contributed by atoms with Crippen LogP contribution in [0.25, 0.3) is 0 Å². The fraction of sp³-hybridized carbons (Fsp3) is 0.438. The normalized spacial score (nSPS) is 17.9. The Hall–Kier alpha value is -1.57. The SMILES string of the molecule is O=C(CC1C=CCC1)OCCCc1ccccc1. The molecule has 1 aliphatic carbocycles. The van der Waals surface area contributed by atoms with Crippen LogP contribution in [0.1, 0.15) is 31.2 Å². The molecule has 2 heteroatoms. The minimum atomic E-state index is -0.0559. The lowest BCUT2D eigenvalue weighted by Crippen LogP contribution is -2.10. The Morgan fingerprint density at radius 2 is 2.11 bits per heavy atom. The molecule has 1 aromatic carbocycles. The van der Waals surface area contributed by atoms with Crippen molar-refractivity contribution in [1.82, 2.24) is 0 Å². The average molecular weight is 244 g/mol. The predicted octanol–water partition coefficient (Wildman–Crippen LogP) is 3.52. The van der Waals surface area contributed by atoms with E-state index < -0.39 is 0 Å². The van der Waals surface area contributed by atoms with E-state index in [1.54, 1.807) is 0 Å². The van der Waals surface area contributed by atoms with Gasteiger partial charge in [0.25, 0.3) is 0 Å². The number of ether oxygens (including phenoxy) is 1. The summed E-state index contributed by atoms with van der Waals surface area (Å²) in [6.07, 6.45) is 8.89. The average Bonchev–Trinajstić information content (AvgIpc) is 2.89. The molecule has 0 radical (unpaired) electrons. The molecule has 1 unspecified atom stereocenters. The number of rotatable bonds is 6. The van der Waals surface area contributed by atoms with Gasteiger partial charge in [0.2, 0.25) is 0 Å². The highest BCUT2D eigenvalue weighted by Gasteiger charge is 2.14. The van der Waals surface area contributed by atoms with Gasteiger partial charge in [-0.15, -0.1) is 0 Å². The summed E-state index contributed by atoms with van der Waals surface area (Å²) in [7, 11) is 0. The van der Waals surface area contributed by atoms with Crippen LogP contribution in [0, 0.1) is 5.92 Å². The molecule has 0 N–H and O–H groups in total. The van der Waals surface area contributed by atoms with Crippen molar-refractivity contribution >= 4 is 5.97 Å². The zero-order chi connectivity index (χ0) is 12.6. The van der Waals surface area contributed by atoms with Crippen molar-refractivity contribution in [2.75, 3.05) is 6.61 Å². The van der Waals surface area contributed by atoms with E-state index in [9.17, 15) is 4.79 Å². The molecule has 1 aromatic rings. The van der Waals surface area contributed by atoms with Gasteiger partial charge in [-0.1, -0.05) is 42.5 Å². The Morgan fingerprint density at radius 1 is 1.28 bits per heavy atom. The van der Waals surface area contributed by atoms with Crippen LogP contribution >= 0.6 is 0 Å². The maximum atomic E-state index is 11.6. The molecule has 0 fully saturated rings. The highest BCUT2D eigenvalue weighted by Crippen LogP contribution is 2.20. The smallest absolute Gasteiger partial charge is 0.306 e. The van der Waals surface area contributed by atoms with E-state index in [1.165, 1.54) is 5.56 Å². The molecule has 0 amide bonds. The number of carbonyl (C=O) groups excluding carboxylic acids is 1. The van der Waals surface area contributed by atoms with Gasteiger partial charge in [0.05, 0.1) is 13.0 Å². The summed E-state index contributed by atoms with van der Waals surface area (Å²) in [5.41, 5.74) is 1.30. The molecule has 2 rings (SSSR count). The van der Waals surface area contributed by atoms with Crippen LogP contribution in [0.4, 0.5) is 0 Å². The van der Waals surface area contributed by atoms with Crippen molar-refractivity contribution in [1.29, 1.82) is 0 Å². The van der Waals surface area contributed by atoms with Crippen molar-refractivity contribution in [3.8, 4) is 0 Å². The number of hydrogen-bond donors (Lipinski definition) is 0. The van der Waals surface area contributed by atoms with Crippen LogP contribution in [0.3, 0.4) is 0 Å². The third-order valence-electron chi connectivity index (χ3n) is 3.26. The summed E-state index contributed by atoms with van der Waals surface area (Å²) >= 11 is 0. The summed E-state index contributed by atoms with van der Waals surface area (Å²) < 4.78 is 5.25. The highest BCUT2D eigenvalue weighted by atomic mass is 16.5. The number of benzene rings is 1. The molecule has 18 heavy (non-hydrogen) atoms. The molecule has 1 atom stereocenters. The van der Waals surface area contributed by atoms with Crippen molar-refractivity contribution in [3.63, 3.8) is 0 Å². The van der Waals surface area contributed by atoms with Crippen LogP contribution in [0.15, 0.2) is 42.5 Å². The Labute approximate surface area is 109 Å². The lowest BCUT2D eigenvalue weighted by Gasteiger charge is -2.08. The minimum absolute atomic E-state index is 0.0559. The molecule has 0 aromatic heterocycles. The first-order chi connectivity index (χ1) is 8.84. The van der Waals surface area contributed by atoms with E-state index in [-0.39, 0.29) is 5.97 Å². The summed E-state index contributed by atoms with van der Waals surface area (Å²) in [6.45, 7) is 0.532. The molecule has 0 bridgehead atoms. The van der Waals surface area contributed by atoms with E-state index in [1.807, 2.05) is 18.2 Å². The number of carbonyl (C=O) groups is 1. The summed E-state index contributed by atoms with van der Waals surface area (Å²) in [5, 5.41) is 0. The van der Waals surface area contributed by atoms with E-state index in [2.05, 4.69) is 24.3 Å². The Bertz CT molecular complexity index is 395. The van der Waals surface area contributed by atoms with Gasteiger partial charge in [-0.25, -0.2) is 0 Å². The maximum absolute atomic E-state index is 11.6.